The third kappa shape index (κ3) is 2.52. The van der Waals surface area contributed by atoms with E-state index in [0.29, 0.717) is 12.0 Å². The fraction of sp³-hybridized carbons (Fsp3) is 0.800. The minimum absolute atomic E-state index is 0.391. The fourth-order valence-corrected chi connectivity index (χ4v) is 3.16. The lowest BCUT2D eigenvalue weighted by Gasteiger charge is -2.16. The zero-order chi connectivity index (χ0) is 10.7. The van der Waals surface area contributed by atoms with E-state index >= 15 is 0 Å². The van der Waals surface area contributed by atoms with Gasteiger partial charge in [0.1, 0.15) is 0 Å². The molecule has 1 N–H and O–H groups in total. The first-order valence-electron chi connectivity index (χ1n) is 5.42. The molecule has 0 amide bonds. The number of hydrogen-bond donors (Lipinski definition) is 1. The summed E-state index contributed by atoms with van der Waals surface area (Å²) in [4.78, 5) is 4.32. The molecule has 1 aliphatic rings. The van der Waals surface area contributed by atoms with Crippen LogP contribution in [0.3, 0.4) is 0 Å². The van der Waals surface area contributed by atoms with Crippen LogP contribution >= 0.6 is 11.8 Å². The van der Waals surface area contributed by atoms with Crippen LogP contribution in [0.1, 0.15) is 31.0 Å². The summed E-state index contributed by atoms with van der Waals surface area (Å²) in [6, 6.07) is 0.495. The van der Waals surface area contributed by atoms with Crippen LogP contribution in [0.5, 0.6) is 0 Å². The minimum Gasteiger partial charge on any atom is -0.339 e. The molecule has 5 heteroatoms. The number of rotatable bonds is 4. The number of thioether (sulfide) groups is 1. The average molecular weight is 227 g/mol. The number of nitrogens with zero attached hydrogens (tertiary/aromatic N) is 2. The number of hydrogen-bond acceptors (Lipinski definition) is 5. The van der Waals surface area contributed by atoms with Gasteiger partial charge in [0.25, 0.3) is 0 Å². The Morgan fingerprint density at radius 1 is 1.53 bits per heavy atom. The van der Waals surface area contributed by atoms with E-state index in [1.54, 1.807) is 0 Å². The van der Waals surface area contributed by atoms with Crippen LogP contribution in [-0.2, 0) is 0 Å². The maximum Gasteiger partial charge on any atom is 0.232 e. The maximum atomic E-state index is 5.24. The van der Waals surface area contributed by atoms with Crippen molar-refractivity contribution < 1.29 is 4.52 Å². The Morgan fingerprint density at radius 2 is 2.40 bits per heavy atom. The van der Waals surface area contributed by atoms with Crippen molar-refractivity contribution in [3.05, 3.63) is 11.7 Å². The normalized spacial score (nSPS) is 26.0. The lowest BCUT2D eigenvalue weighted by molar-refractivity contribution is 0.337. The third-order valence-corrected chi connectivity index (χ3v) is 3.79. The van der Waals surface area contributed by atoms with Crippen LogP contribution in [0.25, 0.3) is 0 Å². The Bertz CT molecular complexity index is 315. The van der Waals surface area contributed by atoms with Gasteiger partial charge in [0, 0.05) is 17.5 Å². The Morgan fingerprint density at radius 3 is 3.07 bits per heavy atom. The molecular formula is C10H17N3OS. The van der Waals surface area contributed by atoms with Crippen molar-refractivity contribution in [1.82, 2.24) is 15.5 Å². The van der Waals surface area contributed by atoms with Crippen molar-refractivity contribution in [1.29, 1.82) is 0 Å². The molecule has 0 aromatic carbocycles. The van der Waals surface area contributed by atoms with Gasteiger partial charge in [0.05, 0.1) is 5.92 Å². The van der Waals surface area contributed by atoms with Crippen LogP contribution in [-0.4, -0.2) is 34.2 Å². The van der Waals surface area contributed by atoms with E-state index in [9.17, 15) is 0 Å². The molecule has 2 atom stereocenters. The van der Waals surface area contributed by atoms with Crippen LogP contribution in [0.4, 0.5) is 0 Å². The zero-order valence-electron chi connectivity index (χ0n) is 9.19. The van der Waals surface area contributed by atoms with Gasteiger partial charge in [-0.2, -0.15) is 16.7 Å². The molecule has 0 bridgehead atoms. The van der Waals surface area contributed by atoms with Crippen molar-refractivity contribution in [2.45, 2.75) is 32.2 Å². The van der Waals surface area contributed by atoms with Crippen LogP contribution in [0.2, 0.25) is 0 Å². The van der Waals surface area contributed by atoms with Gasteiger partial charge in [-0.05, 0) is 19.9 Å². The van der Waals surface area contributed by atoms with Gasteiger partial charge in [-0.3, -0.25) is 0 Å². The summed E-state index contributed by atoms with van der Waals surface area (Å²) >= 11 is 1.95. The van der Waals surface area contributed by atoms with Crippen molar-refractivity contribution in [3.8, 4) is 0 Å². The van der Waals surface area contributed by atoms with Gasteiger partial charge in [-0.1, -0.05) is 12.1 Å². The first kappa shape index (κ1) is 11.0. The summed E-state index contributed by atoms with van der Waals surface area (Å²) < 4.78 is 5.24. The molecule has 1 saturated heterocycles. The summed E-state index contributed by atoms with van der Waals surface area (Å²) in [5, 5.41) is 7.39. The highest BCUT2D eigenvalue weighted by atomic mass is 32.2. The van der Waals surface area contributed by atoms with Gasteiger partial charge in [-0.25, -0.2) is 0 Å². The Kier molecular flexibility index (Phi) is 3.64. The summed E-state index contributed by atoms with van der Waals surface area (Å²) in [7, 11) is 0. The molecule has 15 heavy (non-hydrogen) atoms. The SMILES string of the molecule is CCCNC1CSCC1c1nc(C)no1. The summed E-state index contributed by atoms with van der Waals surface area (Å²) in [6.45, 7) is 5.11. The molecule has 1 aromatic rings. The highest BCUT2D eigenvalue weighted by Gasteiger charge is 2.32. The van der Waals surface area contributed by atoms with Crippen molar-refractivity contribution in [3.63, 3.8) is 0 Å². The monoisotopic (exact) mass is 227 g/mol. The zero-order valence-corrected chi connectivity index (χ0v) is 10.0. The number of nitrogens with one attached hydrogen (secondary N) is 1. The number of aryl methyl sites for hydroxylation is 1. The minimum atomic E-state index is 0.391. The number of aromatic nitrogens is 2. The molecule has 2 heterocycles. The fourth-order valence-electron chi connectivity index (χ4n) is 1.79. The van der Waals surface area contributed by atoms with Gasteiger partial charge >= 0.3 is 0 Å². The second kappa shape index (κ2) is 4.99. The summed E-state index contributed by atoms with van der Waals surface area (Å²) in [5.74, 6) is 4.15. The van der Waals surface area contributed by atoms with E-state index in [2.05, 4.69) is 22.4 Å². The first-order valence-corrected chi connectivity index (χ1v) is 6.58. The smallest absolute Gasteiger partial charge is 0.232 e. The Balaban J connectivity index is 2.01. The second-order valence-corrected chi connectivity index (χ2v) is 4.96. The van der Waals surface area contributed by atoms with E-state index in [-0.39, 0.29) is 0 Å². The molecule has 84 valence electrons. The highest BCUT2D eigenvalue weighted by Crippen LogP contribution is 2.31. The third-order valence-electron chi connectivity index (χ3n) is 2.60. The van der Waals surface area contributed by atoms with Crippen molar-refractivity contribution in [2.75, 3.05) is 18.1 Å². The molecule has 4 nitrogen and oxygen atoms in total. The van der Waals surface area contributed by atoms with Gasteiger partial charge in [0.2, 0.25) is 5.89 Å². The van der Waals surface area contributed by atoms with E-state index < -0.39 is 0 Å². The summed E-state index contributed by atoms with van der Waals surface area (Å²) in [6.07, 6.45) is 1.16. The molecule has 2 rings (SSSR count). The first-order chi connectivity index (χ1) is 7.31. The average Bonchev–Trinajstić information content (AvgIpc) is 2.82. The van der Waals surface area contributed by atoms with Crippen LogP contribution < -0.4 is 5.32 Å². The molecule has 0 radical (unpaired) electrons. The van der Waals surface area contributed by atoms with E-state index in [0.717, 1.165) is 36.2 Å². The topological polar surface area (TPSA) is 51.0 Å². The standard InChI is InChI=1S/C10H17N3OS/c1-3-4-11-9-6-15-5-8(9)10-12-7(2)13-14-10/h8-9,11H,3-6H2,1-2H3. The van der Waals surface area contributed by atoms with Crippen LogP contribution in [0, 0.1) is 6.92 Å². The molecular weight excluding hydrogens is 210 g/mol. The predicted octanol–water partition coefficient (Wildman–Crippen LogP) is 1.58. The van der Waals surface area contributed by atoms with Crippen molar-refractivity contribution >= 4 is 11.8 Å². The lowest BCUT2D eigenvalue weighted by atomic mass is 10.0. The molecule has 1 fully saturated rings. The summed E-state index contributed by atoms with van der Waals surface area (Å²) in [5.41, 5.74) is 0. The second-order valence-electron chi connectivity index (χ2n) is 3.88. The van der Waals surface area contributed by atoms with Gasteiger partial charge < -0.3 is 9.84 Å². The predicted molar refractivity (Wildman–Crippen MR) is 61.2 cm³/mol. The largest absolute Gasteiger partial charge is 0.339 e. The lowest BCUT2D eigenvalue weighted by Crippen LogP contribution is -2.34. The Hall–Kier alpha value is -0.550. The van der Waals surface area contributed by atoms with E-state index in [4.69, 9.17) is 4.52 Å². The van der Waals surface area contributed by atoms with E-state index in [1.807, 2.05) is 18.7 Å². The van der Waals surface area contributed by atoms with Crippen LogP contribution in [0.15, 0.2) is 4.52 Å². The molecule has 0 spiro atoms. The molecule has 0 saturated carbocycles. The Labute approximate surface area is 94.2 Å². The molecule has 2 unspecified atom stereocenters. The van der Waals surface area contributed by atoms with Gasteiger partial charge in [0.15, 0.2) is 5.82 Å². The van der Waals surface area contributed by atoms with Gasteiger partial charge in [-0.15, -0.1) is 0 Å². The highest BCUT2D eigenvalue weighted by molar-refractivity contribution is 7.99. The van der Waals surface area contributed by atoms with Crippen molar-refractivity contribution in [2.24, 2.45) is 0 Å². The quantitative estimate of drug-likeness (QED) is 0.846. The maximum absolute atomic E-state index is 5.24. The molecule has 1 aromatic heterocycles. The van der Waals surface area contributed by atoms with E-state index in [1.165, 1.54) is 0 Å². The molecule has 0 aliphatic carbocycles. The molecule has 1 aliphatic heterocycles.